The van der Waals surface area contributed by atoms with Crippen LogP contribution in [0.3, 0.4) is 0 Å². The molecule has 0 saturated heterocycles. The van der Waals surface area contributed by atoms with E-state index in [1.165, 1.54) is 12.8 Å². The molecule has 0 aromatic rings. The molecule has 0 N–H and O–H groups in total. The highest BCUT2D eigenvalue weighted by Gasteiger charge is 2.52. The van der Waals surface area contributed by atoms with Crippen LogP contribution in [0.2, 0.25) is 25.2 Å². The Labute approximate surface area is 99.3 Å². The number of allylic oxidation sites excluding steroid dienone is 2. The van der Waals surface area contributed by atoms with Crippen molar-refractivity contribution in [2.75, 3.05) is 0 Å². The monoisotopic (exact) mass is 234 g/mol. The van der Waals surface area contributed by atoms with Gasteiger partial charge in [0.1, 0.15) is 5.78 Å². The molecule has 2 bridgehead atoms. The van der Waals surface area contributed by atoms with Crippen LogP contribution in [0, 0.1) is 23.7 Å². The molecule has 88 valence electrons. The van der Waals surface area contributed by atoms with E-state index < -0.39 is 8.07 Å². The molecule has 3 aliphatic rings. The van der Waals surface area contributed by atoms with Crippen molar-refractivity contribution in [3.05, 3.63) is 12.2 Å². The van der Waals surface area contributed by atoms with Gasteiger partial charge in [-0.2, -0.15) is 0 Å². The van der Waals surface area contributed by atoms with Crippen LogP contribution in [0.15, 0.2) is 12.2 Å². The summed E-state index contributed by atoms with van der Waals surface area (Å²) < 4.78 is 0. The zero-order valence-corrected chi connectivity index (χ0v) is 11.6. The minimum absolute atomic E-state index is 0.419. The number of ketones is 1. The summed E-state index contributed by atoms with van der Waals surface area (Å²) in [6.45, 7) is 7.27. The Balaban J connectivity index is 1.86. The molecule has 16 heavy (non-hydrogen) atoms. The number of Topliss-reactive ketones (excluding diaryl/α,β-unsaturated/α-hetero) is 1. The molecule has 0 aliphatic heterocycles. The topological polar surface area (TPSA) is 17.1 Å². The summed E-state index contributed by atoms with van der Waals surface area (Å²) in [5.74, 6) is 3.10. The summed E-state index contributed by atoms with van der Waals surface area (Å²) in [6.07, 6.45) is 8.23. The number of rotatable bonds is 1. The van der Waals surface area contributed by atoms with Crippen LogP contribution >= 0.6 is 0 Å². The van der Waals surface area contributed by atoms with Gasteiger partial charge in [0.15, 0.2) is 0 Å². The fourth-order valence-corrected chi connectivity index (χ4v) is 5.97. The normalized spacial score (nSPS) is 46.2. The predicted molar refractivity (Wildman–Crippen MR) is 69.1 cm³/mol. The van der Waals surface area contributed by atoms with Crippen LogP contribution in [0.25, 0.3) is 0 Å². The average Bonchev–Trinajstić information content (AvgIpc) is 2.75. The predicted octanol–water partition coefficient (Wildman–Crippen LogP) is 3.50. The van der Waals surface area contributed by atoms with Gasteiger partial charge in [-0.1, -0.05) is 31.8 Å². The number of carbonyl (C=O) groups is 1. The van der Waals surface area contributed by atoms with Crippen molar-refractivity contribution in [2.45, 2.75) is 44.4 Å². The van der Waals surface area contributed by atoms with Gasteiger partial charge in [-0.15, -0.1) is 0 Å². The Hall–Kier alpha value is -0.373. The van der Waals surface area contributed by atoms with Crippen LogP contribution < -0.4 is 0 Å². The second kappa shape index (κ2) is 3.31. The Morgan fingerprint density at radius 1 is 1.12 bits per heavy atom. The first-order valence-corrected chi connectivity index (χ1v) is 10.3. The highest BCUT2D eigenvalue weighted by Crippen LogP contribution is 2.56. The van der Waals surface area contributed by atoms with Crippen LogP contribution in [-0.2, 0) is 4.79 Å². The van der Waals surface area contributed by atoms with Crippen molar-refractivity contribution in [3.63, 3.8) is 0 Å². The molecule has 2 saturated carbocycles. The highest BCUT2D eigenvalue weighted by atomic mass is 28.3. The van der Waals surface area contributed by atoms with Gasteiger partial charge in [0.05, 0.1) is 0 Å². The fourth-order valence-electron chi connectivity index (χ4n) is 4.17. The third-order valence-electron chi connectivity index (χ3n) is 5.22. The molecule has 0 radical (unpaired) electrons. The maximum Gasteiger partial charge on any atom is 0.136 e. The first-order chi connectivity index (χ1) is 7.47. The Bertz CT molecular complexity index is 352. The molecule has 3 aliphatic carbocycles. The molecular formula is C14H22OSi. The van der Waals surface area contributed by atoms with E-state index in [9.17, 15) is 4.79 Å². The minimum atomic E-state index is -1.13. The van der Waals surface area contributed by atoms with Gasteiger partial charge < -0.3 is 0 Å². The van der Waals surface area contributed by atoms with Crippen molar-refractivity contribution in [1.29, 1.82) is 0 Å². The summed E-state index contributed by atoms with van der Waals surface area (Å²) in [5.41, 5.74) is 0.744. The van der Waals surface area contributed by atoms with Gasteiger partial charge in [-0.05, 0) is 36.1 Å². The van der Waals surface area contributed by atoms with Gasteiger partial charge >= 0.3 is 0 Å². The molecule has 5 atom stereocenters. The van der Waals surface area contributed by atoms with E-state index in [0.29, 0.717) is 23.5 Å². The number of fused-ring (bicyclic) bond motifs is 5. The summed E-state index contributed by atoms with van der Waals surface area (Å²) >= 11 is 0. The molecule has 2 fully saturated rings. The van der Waals surface area contributed by atoms with E-state index in [1.807, 2.05) is 0 Å². The van der Waals surface area contributed by atoms with Crippen LogP contribution in [0.5, 0.6) is 0 Å². The number of carbonyl (C=O) groups excluding carboxylic acids is 1. The lowest BCUT2D eigenvalue weighted by atomic mass is 9.72. The SMILES string of the molecule is C[Si](C)(C)[C@H]1CC(=O)[C@H]2[C@@H](C1)[C@H]1C=C[C@@H]2C1. The average molecular weight is 234 g/mol. The second-order valence-electron chi connectivity index (χ2n) is 7.11. The minimum Gasteiger partial charge on any atom is -0.299 e. The molecular weight excluding hydrogens is 212 g/mol. The molecule has 0 aromatic heterocycles. The lowest BCUT2D eigenvalue weighted by molar-refractivity contribution is -0.127. The van der Waals surface area contributed by atoms with E-state index in [1.54, 1.807) is 0 Å². The first-order valence-electron chi connectivity index (χ1n) is 6.68. The largest absolute Gasteiger partial charge is 0.299 e. The molecule has 0 aromatic carbocycles. The van der Waals surface area contributed by atoms with Gasteiger partial charge in [-0.3, -0.25) is 4.79 Å². The maximum atomic E-state index is 12.3. The molecule has 2 heteroatoms. The third-order valence-corrected chi connectivity index (χ3v) is 8.11. The maximum absolute atomic E-state index is 12.3. The van der Waals surface area contributed by atoms with Gasteiger partial charge in [0, 0.05) is 20.4 Å². The number of hydrogen-bond acceptors (Lipinski definition) is 1. The fraction of sp³-hybridized carbons (Fsp3) is 0.786. The molecule has 0 unspecified atom stereocenters. The van der Waals surface area contributed by atoms with Gasteiger partial charge in [0.2, 0.25) is 0 Å². The Morgan fingerprint density at radius 2 is 1.81 bits per heavy atom. The highest BCUT2D eigenvalue weighted by molar-refractivity contribution is 6.77. The molecule has 1 nitrogen and oxygen atoms in total. The molecule has 0 amide bonds. The summed E-state index contributed by atoms with van der Waals surface area (Å²) in [5, 5.41) is 0. The second-order valence-corrected chi connectivity index (χ2v) is 12.7. The summed E-state index contributed by atoms with van der Waals surface area (Å²) in [6, 6.07) is 0. The first kappa shape index (κ1) is 10.8. The smallest absolute Gasteiger partial charge is 0.136 e. The molecule has 0 heterocycles. The van der Waals surface area contributed by atoms with Crippen molar-refractivity contribution >= 4 is 13.9 Å². The van der Waals surface area contributed by atoms with Gasteiger partial charge in [0.25, 0.3) is 0 Å². The Kier molecular flexibility index (Phi) is 2.23. The van der Waals surface area contributed by atoms with Crippen LogP contribution in [0.4, 0.5) is 0 Å². The van der Waals surface area contributed by atoms with E-state index in [-0.39, 0.29) is 0 Å². The lowest BCUT2D eigenvalue weighted by Gasteiger charge is -2.40. The van der Waals surface area contributed by atoms with Crippen molar-refractivity contribution < 1.29 is 4.79 Å². The quantitative estimate of drug-likeness (QED) is 0.501. The summed E-state index contributed by atoms with van der Waals surface area (Å²) in [4.78, 5) is 12.3. The van der Waals surface area contributed by atoms with Gasteiger partial charge in [-0.25, -0.2) is 0 Å². The zero-order chi connectivity index (χ0) is 11.5. The van der Waals surface area contributed by atoms with E-state index in [4.69, 9.17) is 0 Å². The standard InChI is InChI=1S/C14H22OSi/c1-16(2,3)11-7-12-9-4-5-10(6-9)14(12)13(15)8-11/h4-5,9-12,14H,6-8H2,1-3H3/t9-,10+,11+,12-,14+/m0/s1. The lowest BCUT2D eigenvalue weighted by Crippen LogP contribution is -2.41. The van der Waals surface area contributed by atoms with Crippen LogP contribution in [-0.4, -0.2) is 13.9 Å². The molecule has 3 rings (SSSR count). The molecule has 0 spiro atoms. The third kappa shape index (κ3) is 1.46. The van der Waals surface area contributed by atoms with E-state index in [0.717, 1.165) is 17.9 Å². The Morgan fingerprint density at radius 3 is 2.50 bits per heavy atom. The van der Waals surface area contributed by atoms with E-state index >= 15 is 0 Å². The number of hydrogen-bond donors (Lipinski definition) is 0. The summed E-state index contributed by atoms with van der Waals surface area (Å²) in [7, 11) is -1.13. The van der Waals surface area contributed by atoms with Crippen molar-refractivity contribution in [1.82, 2.24) is 0 Å². The van der Waals surface area contributed by atoms with Crippen LogP contribution in [0.1, 0.15) is 19.3 Å². The zero-order valence-electron chi connectivity index (χ0n) is 10.6. The van der Waals surface area contributed by atoms with E-state index in [2.05, 4.69) is 31.8 Å². The van der Waals surface area contributed by atoms with Crippen molar-refractivity contribution in [3.8, 4) is 0 Å². The van der Waals surface area contributed by atoms with Crippen molar-refractivity contribution in [2.24, 2.45) is 23.7 Å².